The molecule has 0 N–H and O–H groups in total. The van der Waals surface area contributed by atoms with E-state index in [9.17, 15) is 8.42 Å². The second-order valence-electron chi connectivity index (χ2n) is 4.31. The Morgan fingerprint density at radius 2 is 2.20 bits per heavy atom. The number of halogens is 1. The fourth-order valence-electron chi connectivity index (χ4n) is 2.15. The number of nitrogens with zero attached hydrogens (tertiary/aromatic N) is 1. The maximum Gasteiger partial charge on any atom is 0.232 e. The zero-order chi connectivity index (χ0) is 11.3. The van der Waals surface area contributed by atoms with Gasteiger partial charge in [0.2, 0.25) is 9.05 Å². The highest BCUT2D eigenvalue weighted by Gasteiger charge is 2.18. The molecule has 1 aliphatic rings. The van der Waals surface area contributed by atoms with Crippen molar-refractivity contribution in [2.24, 2.45) is 5.92 Å². The molecular weight excluding hydrogens is 234 g/mol. The molecule has 1 atom stereocenters. The van der Waals surface area contributed by atoms with Gasteiger partial charge < -0.3 is 4.90 Å². The lowest BCUT2D eigenvalue weighted by Gasteiger charge is -2.32. The smallest absolute Gasteiger partial charge is 0.232 e. The first-order valence-corrected chi connectivity index (χ1v) is 8.14. The maximum atomic E-state index is 10.7. The molecule has 1 fully saturated rings. The van der Waals surface area contributed by atoms with Crippen LogP contribution in [0.5, 0.6) is 0 Å². The lowest BCUT2D eigenvalue weighted by molar-refractivity contribution is 0.172. The predicted molar refractivity (Wildman–Crippen MR) is 63.7 cm³/mol. The highest BCUT2D eigenvalue weighted by Crippen LogP contribution is 2.19. The molecule has 0 aliphatic carbocycles. The summed E-state index contributed by atoms with van der Waals surface area (Å²) in [7, 11) is 1.86. The van der Waals surface area contributed by atoms with Crippen molar-refractivity contribution in [3.8, 4) is 0 Å². The van der Waals surface area contributed by atoms with Crippen LogP contribution in [0.3, 0.4) is 0 Å². The van der Waals surface area contributed by atoms with Crippen LogP contribution < -0.4 is 0 Å². The van der Waals surface area contributed by atoms with E-state index in [-0.39, 0.29) is 5.75 Å². The van der Waals surface area contributed by atoms with Crippen LogP contribution in [-0.2, 0) is 9.05 Å². The summed E-state index contributed by atoms with van der Waals surface area (Å²) >= 11 is 0. The van der Waals surface area contributed by atoms with Crippen LogP contribution in [0.25, 0.3) is 0 Å². The molecule has 0 saturated carbocycles. The first kappa shape index (κ1) is 13.3. The van der Waals surface area contributed by atoms with Crippen molar-refractivity contribution in [3.05, 3.63) is 0 Å². The molecule has 1 unspecified atom stereocenters. The van der Waals surface area contributed by atoms with E-state index in [1.807, 2.05) is 0 Å². The first-order valence-electron chi connectivity index (χ1n) is 5.66. The molecule has 1 heterocycles. The van der Waals surface area contributed by atoms with Gasteiger partial charge in [-0.05, 0) is 38.3 Å². The van der Waals surface area contributed by atoms with Gasteiger partial charge in [-0.2, -0.15) is 0 Å². The standard InChI is InChI=1S/C10H20ClNO2S/c1-2-10-5-3-6-12(9-10)7-4-8-15(11,13)14/h10H,2-9H2,1H3. The van der Waals surface area contributed by atoms with Crippen LogP contribution in [0.15, 0.2) is 0 Å². The largest absolute Gasteiger partial charge is 0.303 e. The Balaban J connectivity index is 2.21. The molecule has 0 aromatic carbocycles. The lowest BCUT2D eigenvalue weighted by atomic mass is 9.96. The Kier molecular flexibility index (Phi) is 5.36. The van der Waals surface area contributed by atoms with Crippen LogP contribution in [0, 0.1) is 5.92 Å². The second-order valence-corrected chi connectivity index (χ2v) is 7.21. The minimum atomic E-state index is -3.30. The summed E-state index contributed by atoms with van der Waals surface area (Å²) in [6.07, 6.45) is 4.44. The summed E-state index contributed by atoms with van der Waals surface area (Å²) in [5.41, 5.74) is 0. The fraction of sp³-hybridized carbons (Fsp3) is 1.00. The van der Waals surface area contributed by atoms with Gasteiger partial charge in [0.15, 0.2) is 0 Å². The minimum absolute atomic E-state index is 0.0991. The highest BCUT2D eigenvalue weighted by atomic mass is 35.7. The average molecular weight is 254 g/mol. The molecule has 1 rings (SSSR count). The van der Waals surface area contributed by atoms with E-state index in [4.69, 9.17) is 10.7 Å². The van der Waals surface area contributed by atoms with Gasteiger partial charge in [-0.1, -0.05) is 13.3 Å². The Morgan fingerprint density at radius 1 is 1.47 bits per heavy atom. The van der Waals surface area contributed by atoms with Crippen molar-refractivity contribution in [2.75, 3.05) is 25.4 Å². The fourth-order valence-corrected chi connectivity index (χ4v) is 2.95. The summed E-state index contributed by atoms with van der Waals surface area (Å²) in [6.45, 7) is 5.32. The predicted octanol–water partition coefficient (Wildman–Crippen LogP) is 2.07. The van der Waals surface area contributed by atoms with Gasteiger partial charge in [0, 0.05) is 17.2 Å². The Hall–Kier alpha value is 0.200. The Labute approximate surface area is 97.2 Å². The van der Waals surface area contributed by atoms with Crippen molar-refractivity contribution in [3.63, 3.8) is 0 Å². The van der Waals surface area contributed by atoms with E-state index < -0.39 is 9.05 Å². The van der Waals surface area contributed by atoms with Crippen LogP contribution in [-0.4, -0.2) is 38.7 Å². The van der Waals surface area contributed by atoms with Gasteiger partial charge in [0.05, 0.1) is 5.75 Å². The van der Waals surface area contributed by atoms with Crippen molar-refractivity contribution in [1.82, 2.24) is 4.90 Å². The number of likely N-dealkylation sites (tertiary alicyclic amines) is 1. The molecule has 15 heavy (non-hydrogen) atoms. The normalized spacial score (nSPS) is 24.3. The monoisotopic (exact) mass is 253 g/mol. The van der Waals surface area contributed by atoms with Crippen molar-refractivity contribution < 1.29 is 8.42 Å². The molecule has 3 nitrogen and oxygen atoms in total. The van der Waals surface area contributed by atoms with Crippen LogP contribution in [0.1, 0.15) is 32.6 Å². The van der Waals surface area contributed by atoms with Crippen molar-refractivity contribution >= 4 is 19.7 Å². The first-order chi connectivity index (χ1) is 7.01. The molecular formula is C10H20ClNO2S. The molecule has 0 aromatic rings. The van der Waals surface area contributed by atoms with Gasteiger partial charge in [-0.3, -0.25) is 0 Å². The van der Waals surface area contributed by atoms with E-state index in [1.54, 1.807) is 0 Å². The van der Waals surface area contributed by atoms with E-state index >= 15 is 0 Å². The van der Waals surface area contributed by atoms with E-state index in [0.29, 0.717) is 6.42 Å². The second kappa shape index (κ2) is 6.06. The minimum Gasteiger partial charge on any atom is -0.303 e. The average Bonchev–Trinajstić information content (AvgIpc) is 2.16. The number of hydrogen-bond acceptors (Lipinski definition) is 3. The van der Waals surface area contributed by atoms with Gasteiger partial charge in [0.25, 0.3) is 0 Å². The zero-order valence-corrected chi connectivity index (χ0v) is 10.9. The molecule has 90 valence electrons. The van der Waals surface area contributed by atoms with Gasteiger partial charge in [-0.25, -0.2) is 8.42 Å². The van der Waals surface area contributed by atoms with Crippen molar-refractivity contribution in [1.29, 1.82) is 0 Å². The van der Waals surface area contributed by atoms with Gasteiger partial charge in [0.1, 0.15) is 0 Å². The highest BCUT2D eigenvalue weighted by molar-refractivity contribution is 8.13. The molecule has 0 amide bonds. The Bertz CT molecular complexity index is 279. The SMILES string of the molecule is CCC1CCCN(CCCS(=O)(=O)Cl)C1. The lowest BCUT2D eigenvalue weighted by Crippen LogP contribution is -2.36. The summed E-state index contributed by atoms with van der Waals surface area (Å²) in [6, 6.07) is 0. The third-order valence-electron chi connectivity index (χ3n) is 3.04. The van der Waals surface area contributed by atoms with Crippen LogP contribution in [0.2, 0.25) is 0 Å². The van der Waals surface area contributed by atoms with Crippen LogP contribution in [0.4, 0.5) is 0 Å². The maximum absolute atomic E-state index is 10.7. The van der Waals surface area contributed by atoms with Crippen LogP contribution >= 0.6 is 10.7 Å². The van der Waals surface area contributed by atoms with Gasteiger partial charge in [-0.15, -0.1) is 0 Å². The number of rotatable bonds is 5. The quantitative estimate of drug-likeness (QED) is 0.704. The third kappa shape index (κ3) is 5.73. The van der Waals surface area contributed by atoms with E-state index in [1.165, 1.54) is 19.3 Å². The van der Waals surface area contributed by atoms with E-state index in [2.05, 4.69) is 11.8 Å². The summed E-state index contributed by atoms with van der Waals surface area (Å²) in [5, 5.41) is 0. The zero-order valence-electron chi connectivity index (χ0n) is 9.28. The van der Waals surface area contributed by atoms with Gasteiger partial charge >= 0.3 is 0 Å². The number of hydrogen-bond donors (Lipinski definition) is 0. The Morgan fingerprint density at radius 3 is 2.80 bits per heavy atom. The summed E-state index contributed by atoms with van der Waals surface area (Å²) in [4.78, 5) is 2.36. The molecule has 0 spiro atoms. The topological polar surface area (TPSA) is 37.4 Å². The summed E-state index contributed by atoms with van der Waals surface area (Å²) in [5.74, 6) is 0.897. The number of piperidine rings is 1. The third-order valence-corrected chi connectivity index (χ3v) is 4.28. The molecule has 1 aliphatic heterocycles. The van der Waals surface area contributed by atoms with E-state index in [0.717, 1.165) is 25.6 Å². The molecule has 1 saturated heterocycles. The van der Waals surface area contributed by atoms with Crippen molar-refractivity contribution in [2.45, 2.75) is 32.6 Å². The molecule has 0 aromatic heterocycles. The molecule has 0 bridgehead atoms. The molecule has 0 radical (unpaired) electrons. The summed E-state index contributed by atoms with van der Waals surface area (Å²) < 4.78 is 21.5. The molecule has 5 heteroatoms.